The molecule has 1 rings (SSSR count). The summed E-state index contributed by atoms with van der Waals surface area (Å²) in [7, 11) is 1.28. The molecule has 22 heavy (non-hydrogen) atoms. The van der Waals surface area contributed by atoms with Crippen LogP contribution in [-0.2, 0) is 14.3 Å². The first-order valence-electron chi connectivity index (χ1n) is 7.76. The summed E-state index contributed by atoms with van der Waals surface area (Å²) in [5.41, 5.74) is 0. The molecular weight excluding hydrogens is 286 g/mol. The second kappa shape index (κ2) is 8.60. The lowest BCUT2D eigenvalue weighted by molar-refractivity contribution is -0.138. The Morgan fingerprint density at radius 1 is 1.27 bits per heavy atom. The average Bonchev–Trinajstić information content (AvgIpc) is 2.49. The Morgan fingerprint density at radius 2 is 1.95 bits per heavy atom. The quantitative estimate of drug-likeness (QED) is 0.789. The molecule has 0 bridgehead atoms. The number of likely N-dealkylation sites (tertiary alicyclic amines) is 1. The van der Waals surface area contributed by atoms with Gasteiger partial charge in [0.1, 0.15) is 6.04 Å². The minimum absolute atomic E-state index is 0.0224. The van der Waals surface area contributed by atoms with Crippen LogP contribution >= 0.6 is 0 Å². The third kappa shape index (κ3) is 5.20. The summed E-state index contributed by atoms with van der Waals surface area (Å²) >= 11 is 0. The third-order valence-electron chi connectivity index (χ3n) is 3.89. The highest BCUT2D eigenvalue weighted by Crippen LogP contribution is 2.19. The molecule has 1 heterocycles. The zero-order valence-corrected chi connectivity index (χ0v) is 13.8. The van der Waals surface area contributed by atoms with Crippen molar-refractivity contribution in [1.29, 1.82) is 0 Å². The molecule has 0 aromatic rings. The van der Waals surface area contributed by atoms with E-state index in [9.17, 15) is 14.4 Å². The van der Waals surface area contributed by atoms with Crippen molar-refractivity contribution in [1.82, 2.24) is 15.5 Å². The van der Waals surface area contributed by atoms with Gasteiger partial charge in [-0.1, -0.05) is 13.8 Å². The fourth-order valence-electron chi connectivity index (χ4n) is 2.64. The molecule has 0 aliphatic carbocycles. The van der Waals surface area contributed by atoms with E-state index in [0.717, 1.165) is 19.3 Å². The Labute approximate surface area is 131 Å². The SMILES string of the molecule is COC(=O)N[C@H](C(=O)N1CCCC[C@H]1CNC(C)=O)C(C)C. The molecule has 126 valence electrons. The molecule has 0 unspecified atom stereocenters. The molecule has 1 fully saturated rings. The van der Waals surface area contributed by atoms with E-state index >= 15 is 0 Å². The maximum absolute atomic E-state index is 12.8. The normalized spacial score (nSPS) is 19.5. The second-order valence-electron chi connectivity index (χ2n) is 5.98. The average molecular weight is 313 g/mol. The highest BCUT2D eigenvalue weighted by atomic mass is 16.5. The first-order chi connectivity index (χ1) is 10.4. The van der Waals surface area contributed by atoms with Crippen LogP contribution in [0, 0.1) is 5.92 Å². The van der Waals surface area contributed by atoms with Crippen LogP contribution < -0.4 is 10.6 Å². The molecule has 1 aliphatic heterocycles. The Balaban J connectivity index is 2.79. The number of carbonyl (C=O) groups is 3. The van der Waals surface area contributed by atoms with Gasteiger partial charge in [-0.25, -0.2) is 4.79 Å². The van der Waals surface area contributed by atoms with E-state index < -0.39 is 12.1 Å². The van der Waals surface area contributed by atoms with Gasteiger partial charge in [0.05, 0.1) is 7.11 Å². The highest BCUT2D eigenvalue weighted by molar-refractivity contribution is 5.86. The van der Waals surface area contributed by atoms with E-state index in [2.05, 4.69) is 15.4 Å². The Morgan fingerprint density at radius 3 is 2.50 bits per heavy atom. The van der Waals surface area contributed by atoms with Crippen molar-refractivity contribution in [3.63, 3.8) is 0 Å². The van der Waals surface area contributed by atoms with Gasteiger partial charge in [0.2, 0.25) is 11.8 Å². The Kier molecular flexibility index (Phi) is 7.14. The molecule has 1 saturated heterocycles. The monoisotopic (exact) mass is 313 g/mol. The lowest BCUT2D eigenvalue weighted by Gasteiger charge is -2.38. The predicted octanol–water partition coefficient (Wildman–Crippen LogP) is 0.884. The highest BCUT2D eigenvalue weighted by Gasteiger charge is 2.34. The molecule has 1 aliphatic rings. The minimum Gasteiger partial charge on any atom is -0.453 e. The van der Waals surface area contributed by atoms with Crippen molar-refractivity contribution in [2.75, 3.05) is 20.2 Å². The molecular formula is C15H27N3O4. The zero-order chi connectivity index (χ0) is 16.7. The molecule has 2 N–H and O–H groups in total. The van der Waals surface area contributed by atoms with E-state index in [4.69, 9.17) is 0 Å². The van der Waals surface area contributed by atoms with Crippen LogP contribution in [-0.4, -0.2) is 55.1 Å². The van der Waals surface area contributed by atoms with E-state index in [1.165, 1.54) is 14.0 Å². The summed E-state index contributed by atoms with van der Waals surface area (Å²) in [4.78, 5) is 37.1. The molecule has 7 nitrogen and oxygen atoms in total. The number of alkyl carbamates (subject to hydrolysis) is 1. The summed E-state index contributed by atoms with van der Waals surface area (Å²) in [5.74, 6) is -0.267. The summed E-state index contributed by atoms with van der Waals surface area (Å²) < 4.78 is 4.60. The van der Waals surface area contributed by atoms with Crippen LogP contribution in [0.25, 0.3) is 0 Å². The van der Waals surface area contributed by atoms with Crippen molar-refractivity contribution < 1.29 is 19.1 Å². The number of hydrogen-bond acceptors (Lipinski definition) is 4. The van der Waals surface area contributed by atoms with Crippen LogP contribution in [0.5, 0.6) is 0 Å². The standard InChI is InChI=1S/C15H27N3O4/c1-10(2)13(17-15(21)22-4)14(20)18-8-6-5-7-12(18)9-16-11(3)19/h10,12-13H,5-9H2,1-4H3,(H,16,19)(H,17,21)/t12-,13-/m0/s1. The lowest BCUT2D eigenvalue weighted by atomic mass is 9.97. The smallest absolute Gasteiger partial charge is 0.407 e. The lowest BCUT2D eigenvalue weighted by Crippen LogP contribution is -2.57. The van der Waals surface area contributed by atoms with Gasteiger partial charge in [-0.2, -0.15) is 0 Å². The van der Waals surface area contributed by atoms with Gasteiger partial charge < -0.3 is 20.3 Å². The van der Waals surface area contributed by atoms with Crippen LogP contribution in [0.3, 0.4) is 0 Å². The summed E-state index contributed by atoms with van der Waals surface area (Å²) in [5, 5.41) is 5.38. The van der Waals surface area contributed by atoms with E-state index in [0.29, 0.717) is 13.1 Å². The van der Waals surface area contributed by atoms with Gasteiger partial charge >= 0.3 is 6.09 Å². The van der Waals surface area contributed by atoms with Crippen LogP contribution in [0.2, 0.25) is 0 Å². The molecule has 0 radical (unpaired) electrons. The van der Waals surface area contributed by atoms with Gasteiger partial charge in [-0.15, -0.1) is 0 Å². The van der Waals surface area contributed by atoms with Crippen molar-refractivity contribution >= 4 is 17.9 Å². The summed E-state index contributed by atoms with van der Waals surface area (Å²) in [6.45, 7) is 6.32. The number of hydrogen-bond donors (Lipinski definition) is 2. The van der Waals surface area contributed by atoms with Crippen LogP contribution in [0.4, 0.5) is 4.79 Å². The Hall–Kier alpha value is -1.79. The number of rotatable bonds is 5. The second-order valence-corrected chi connectivity index (χ2v) is 5.98. The fraction of sp³-hybridized carbons (Fsp3) is 0.800. The first kappa shape index (κ1) is 18.3. The van der Waals surface area contributed by atoms with Crippen LogP contribution in [0.1, 0.15) is 40.0 Å². The van der Waals surface area contributed by atoms with Crippen molar-refractivity contribution in [2.45, 2.75) is 52.1 Å². The molecule has 0 aromatic carbocycles. The van der Waals surface area contributed by atoms with Crippen molar-refractivity contribution in [2.24, 2.45) is 5.92 Å². The number of ether oxygens (including phenoxy) is 1. The summed E-state index contributed by atoms with van der Waals surface area (Å²) in [6.07, 6.45) is 2.22. The van der Waals surface area contributed by atoms with Gasteiger partial charge in [-0.3, -0.25) is 9.59 Å². The zero-order valence-electron chi connectivity index (χ0n) is 13.8. The molecule has 7 heteroatoms. The number of amides is 3. The van der Waals surface area contributed by atoms with Gasteiger partial charge in [0, 0.05) is 26.1 Å². The molecule has 3 amide bonds. The van der Waals surface area contributed by atoms with Crippen molar-refractivity contribution in [3.8, 4) is 0 Å². The Bertz CT molecular complexity index is 412. The topological polar surface area (TPSA) is 87.7 Å². The maximum Gasteiger partial charge on any atom is 0.407 e. The largest absolute Gasteiger partial charge is 0.453 e. The van der Waals surface area contributed by atoms with E-state index in [-0.39, 0.29) is 23.8 Å². The first-order valence-corrected chi connectivity index (χ1v) is 7.76. The fourth-order valence-corrected chi connectivity index (χ4v) is 2.64. The number of nitrogens with zero attached hydrogens (tertiary/aromatic N) is 1. The van der Waals surface area contributed by atoms with Gasteiger partial charge in [-0.05, 0) is 25.2 Å². The maximum atomic E-state index is 12.8. The number of nitrogens with one attached hydrogen (secondary N) is 2. The molecule has 0 spiro atoms. The number of carbonyl (C=O) groups excluding carboxylic acids is 3. The minimum atomic E-state index is -0.620. The predicted molar refractivity (Wildman–Crippen MR) is 82.2 cm³/mol. The van der Waals surface area contributed by atoms with Gasteiger partial charge in [0.15, 0.2) is 0 Å². The van der Waals surface area contributed by atoms with Crippen molar-refractivity contribution in [3.05, 3.63) is 0 Å². The molecule has 2 atom stereocenters. The molecule has 0 saturated carbocycles. The van der Waals surface area contributed by atoms with E-state index in [1.54, 1.807) is 4.90 Å². The summed E-state index contributed by atoms with van der Waals surface area (Å²) in [6, 6.07) is -0.642. The van der Waals surface area contributed by atoms with Gasteiger partial charge in [0.25, 0.3) is 0 Å². The molecule has 0 aromatic heterocycles. The van der Waals surface area contributed by atoms with E-state index in [1.807, 2.05) is 13.8 Å². The third-order valence-corrected chi connectivity index (χ3v) is 3.89. The van der Waals surface area contributed by atoms with Crippen LogP contribution in [0.15, 0.2) is 0 Å². The number of methoxy groups -OCH3 is 1. The number of piperidine rings is 1.